The fourth-order valence-electron chi connectivity index (χ4n) is 4.61. The molecule has 0 bridgehead atoms. The van der Waals surface area contributed by atoms with E-state index in [1.807, 2.05) is 4.90 Å². The van der Waals surface area contributed by atoms with Gasteiger partial charge in [0.2, 0.25) is 5.78 Å². The van der Waals surface area contributed by atoms with E-state index in [2.05, 4.69) is 15.6 Å². The number of rotatable bonds is 9. The van der Waals surface area contributed by atoms with Crippen LogP contribution in [0.2, 0.25) is 0 Å². The second kappa shape index (κ2) is 11.3. The SMILES string of the molecule is CNc1c(C(=O)c2c(F)c(OC)cc(OC)c2F)oc2cnc(Nc3ccc(N4CCOCC4)cc3[N+](=O)[O-])cc12. The van der Waals surface area contributed by atoms with Gasteiger partial charge in [-0.25, -0.2) is 13.8 Å². The van der Waals surface area contributed by atoms with E-state index in [0.717, 1.165) is 6.07 Å². The van der Waals surface area contributed by atoms with Crippen molar-refractivity contribution in [1.82, 2.24) is 4.98 Å². The lowest BCUT2D eigenvalue weighted by molar-refractivity contribution is -0.383. The average Bonchev–Trinajstić information content (AvgIpc) is 3.36. The van der Waals surface area contributed by atoms with Crippen LogP contribution in [0.5, 0.6) is 11.5 Å². The molecule has 1 fully saturated rings. The molecule has 0 spiro atoms. The number of nitrogens with zero attached hydrogens (tertiary/aromatic N) is 3. The first kappa shape index (κ1) is 27.6. The lowest BCUT2D eigenvalue weighted by Crippen LogP contribution is -2.36. The quantitative estimate of drug-likeness (QED) is 0.162. The number of ketones is 1. The van der Waals surface area contributed by atoms with Gasteiger partial charge in [0.05, 0.1) is 44.2 Å². The number of ether oxygens (including phenoxy) is 3. The minimum atomic E-state index is -1.22. The molecule has 5 rings (SSSR count). The molecule has 0 atom stereocenters. The van der Waals surface area contributed by atoms with Crippen LogP contribution < -0.4 is 25.0 Å². The molecule has 1 aliphatic heterocycles. The van der Waals surface area contributed by atoms with Crippen LogP contribution in [0.4, 0.5) is 37.3 Å². The normalized spacial score (nSPS) is 13.2. The molecule has 2 N–H and O–H groups in total. The Balaban J connectivity index is 1.52. The van der Waals surface area contributed by atoms with E-state index >= 15 is 8.78 Å². The van der Waals surface area contributed by atoms with Gasteiger partial charge in [-0.15, -0.1) is 0 Å². The number of halogens is 2. The van der Waals surface area contributed by atoms with E-state index in [-0.39, 0.29) is 45.7 Å². The van der Waals surface area contributed by atoms with Gasteiger partial charge < -0.3 is 34.2 Å². The van der Waals surface area contributed by atoms with Gasteiger partial charge in [0.15, 0.2) is 34.5 Å². The maximum atomic E-state index is 15.0. The largest absolute Gasteiger partial charge is 0.494 e. The van der Waals surface area contributed by atoms with Gasteiger partial charge in [0.1, 0.15) is 17.1 Å². The lowest BCUT2D eigenvalue weighted by Gasteiger charge is -2.28. The standard InChI is InChI=1S/C27H25F2N5O7/c1-30-25-15-11-21(32-16-5-4-14(10-17(16)34(36)37)33-6-8-40-9-7-33)31-13-20(15)41-27(25)26(35)22-23(28)18(38-2)12-19(39-3)24(22)29/h4-5,10-13,30H,6-9H2,1-3H3,(H,31,32). The summed E-state index contributed by atoms with van der Waals surface area (Å²) in [6, 6.07) is 7.32. The number of nitro groups is 1. The molecule has 12 nitrogen and oxygen atoms in total. The van der Waals surface area contributed by atoms with Crippen molar-refractivity contribution in [3.05, 3.63) is 69.6 Å². The van der Waals surface area contributed by atoms with Crippen molar-refractivity contribution in [3.63, 3.8) is 0 Å². The fraction of sp³-hybridized carbons (Fsp3) is 0.259. The molecule has 3 heterocycles. The van der Waals surface area contributed by atoms with Crippen molar-refractivity contribution in [3.8, 4) is 11.5 Å². The summed E-state index contributed by atoms with van der Waals surface area (Å²) in [6.45, 7) is 2.30. The number of nitro benzene ring substituents is 1. The first-order valence-electron chi connectivity index (χ1n) is 12.4. The van der Waals surface area contributed by atoms with Crippen molar-refractivity contribution in [2.24, 2.45) is 0 Å². The van der Waals surface area contributed by atoms with Gasteiger partial charge in [0, 0.05) is 43.3 Å². The van der Waals surface area contributed by atoms with Gasteiger partial charge in [-0.05, 0) is 18.2 Å². The monoisotopic (exact) mass is 569 g/mol. The van der Waals surface area contributed by atoms with Crippen LogP contribution in [-0.2, 0) is 4.74 Å². The number of methoxy groups -OCH3 is 2. The summed E-state index contributed by atoms with van der Waals surface area (Å²) >= 11 is 0. The summed E-state index contributed by atoms with van der Waals surface area (Å²) in [4.78, 5) is 31.0. The highest BCUT2D eigenvalue weighted by atomic mass is 19.1. The number of fused-ring (bicyclic) bond motifs is 1. The fourth-order valence-corrected chi connectivity index (χ4v) is 4.61. The molecule has 0 aliphatic carbocycles. The maximum Gasteiger partial charge on any atom is 0.294 e. The molecule has 2 aromatic heterocycles. The van der Waals surface area contributed by atoms with E-state index in [1.165, 1.54) is 39.6 Å². The summed E-state index contributed by atoms with van der Waals surface area (Å²) in [6.07, 6.45) is 1.29. The van der Waals surface area contributed by atoms with Gasteiger partial charge in [-0.2, -0.15) is 0 Å². The Labute approximate surface area is 232 Å². The minimum absolute atomic E-state index is 0.133. The van der Waals surface area contributed by atoms with Crippen LogP contribution >= 0.6 is 0 Å². The molecule has 0 radical (unpaired) electrons. The van der Waals surface area contributed by atoms with Crippen molar-refractivity contribution >= 4 is 45.3 Å². The Bertz CT molecular complexity index is 1630. The molecule has 214 valence electrons. The second-order valence-electron chi connectivity index (χ2n) is 8.92. The number of benzene rings is 2. The van der Waals surface area contributed by atoms with Crippen LogP contribution in [0, 0.1) is 21.7 Å². The topological polar surface area (TPSA) is 141 Å². The van der Waals surface area contributed by atoms with Gasteiger partial charge in [-0.3, -0.25) is 14.9 Å². The van der Waals surface area contributed by atoms with Crippen LogP contribution in [0.3, 0.4) is 0 Å². The highest BCUT2D eigenvalue weighted by Gasteiger charge is 2.31. The first-order chi connectivity index (χ1) is 19.8. The Morgan fingerprint density at radius 1 is 1.10 bits per heavy atom. The van der Waals surface area contributed by atoms with Gasteiger partial charge >= 0.3 is 0 Å². The molecule has 4 aromatic rings. The number of hydrogen-bond donors (Lipinski definition) is 2. The van der Waals surface area contributed by atoms with E-state index in [4.69, 9.17) is 18.6 Å². The van der Waals surface area contributed by atoms with Gasteiger partial charge in [0.25, 0.3) is 5.69 Å². The van der Waals surface area contributed by atoms with Gasteiger partial charge in [-0.1, -0.05) is 0 Å². The number of pyridine rings is 1. The van der Waals surface area contributed by atoms with Crippen LogP contribution in [0.25, 0.3) is 11.0 Å². The van der Waals surface area contributed by atoms with E-state index in [1.54, 1.807) is 12.1 Å². The highest BCUT2D eigenvalue weighted by molar-refractivity contribution is 6.15. The predicted octanol–water partition coefficient (Wildman–Crippen LogP) is 4.88. The minimum Gasteiger partial charge on any atom is -0.494 e. The average molecular weight is 570 g/mol. The van der Waals surface area contributed by atoms with Crippen molar-refractivity contribution in [2.45, 2.75) is 0 Å². The number of furan rings is 1. The highest BCUT2D eigenvalue weighted by Crippen LogP contribution is 2.38. The molecule has 14 heteroatoms. The zero-order chi connectivity index (χ0) is 29.3. The first-order valence-corrected chi connectivity index (χ1v) is 12.4. The molecule has 0 amide bonds. The summed E-state index contributed by atoms with van der Waals surface area (Å²) in [5.74, 6) is -4.47. The summed E-state index contributed by atoms with van der Waals surface area (Å²) < 4.78 is 51.0. The second-order valence-corrected chi connectivity index (χ2v) is 8.92. The number of morpholine rings is 1. The van der Waals surface area contributed by atoms with E-state index < -0.39 is 27.9 Å². The predicted molar refractivity (Wildman–Crippen MR) is 146 cm³/mol. The van der Waals surface area contributed by atoms with Crippen LogP contribution in [0.1, 0.15) is 16.1 Å². The van der Waals surface area contributed by atoms with Crippen molar-refractivity contribution in [1.29, 1.82) is 0 Å². The smallest absolute Gasteiger partial charge is 0.294 e. The lowest BCUT2D eigenvalue weighted by atomic mass is 10.0. The summed E-state index contributed by atoms with van der Waals surface area (Å²) in [7, 11) is 3.85. The summed E-state index contributed by atoms with van der Waals surface area (Å²) in [5, 5.41) is 18.0. The number of nitrogens with one attached hydrogen (secondary N) is 2. The number of hydrogen-bond acceptors (Lipinski definition) is 11. The Morgan fingerprint density at radius 2 is 1.78 bits per heavy atom. The molecule has 0 saturated carbocycles. The number of aromatic nitrogens is 1. The molecule has 2 aromatic carbocycles. The van der Waals surface area contributed by atoms with Crippen LogP contribution in [0.15, 0.2) is 40.9 Å². The molecule has 1 aliphatic rings. The maximum absolute atomic E-state index is 15.0. The van der Waals surface area contributed by atoms with E-state index in [0.29, 0.717) is 37.4 Å². The number of carbonyl (C=O) groups is 1. The molecular weight excluding hydrogens is 544 g/mol. The van der Waals surface area contributed by atoms with Crippen molar-refractivity contribution in [2.75, 3.05) is 63.1 Å². The molecule has 1 saturated heterocycles. The Morgan fingerprint density at radius 3 is 2.39 bits per heavy atom. The van der Waals surface area contributed by atoms with E-state index in [9.17, 15) is 14.9 Å². The third-order valence-corrected chi connectivity index (χ3v) is 6.65. The Kier molecular flexibility index (Phi) is 7.57. The third kappa shape index (κ3) is 5.04. The van der Waals surface area contributed by atoms with Crippen molar-refractivity contribution < 1.29 is 37.1 Å². The zero-order valence-corrected chi connectivity index (χ0v) is 22.2. The number of anilines is 4. The summed E-state index contributed by atoms with van der Waals surface area (Å²) in [5.41, 5.74) is 0.0735. The van der Waals surface area contributed by atoms with Crippen LogP contribution in [-0.4, -0.2) is 63.3 Å². The molecular formula is C27H25F2N5O7. The zero-order valence-electron chi connectivity index (χ0n) is 22.2. The molecule has 0 unspecified atom stereocenters. The third-order valence-electron chi connectivity index (χ3n) is 6.65. The molecule has 41 heavy (non-hydrogen) atoms. The number of carbonyl (C=O) groups excluding carboxylic acids is 1. The Hall–Kier alpha value is -4.98.